The van der Waals surface area contributed by atoms with E-state index in [2.05, 4.69) is 10.6 Å². The summed E-state index contributed by atoms with van der Waals surface area (Å²) in [6, 6.07) is -0.874. The zero-order valence-electron chi connectivity index (χ0n) is 10.7. The Balaban J connectivity index is 3.95. The van der Waals surface area contributed by atoms with E-state index in [1.165, 1.54) is 0 Å². The van der Waals surface area contributed by atoms with Crippen molar-refractivity contribution in [1.29, 1.82) is 0 Å². The van der Waals surface area contributed by atoms with E-state index in [1.54, 1.807) is 0 Å². The van der Waals surface area contributed by atoms with Crippen LogP contribution in [0.3, 0.4) is 0 Å². The highest BCUT2D eigenvalue weighted by Gasteiger charge is 2.18. The molecule has 0 rings (SSSR count). The number of hydrogen-bond donors (Lipinski definition) is 4. The van der Waals surface area contributed by atoms with Crippen LogP contribution in [-0.4, -0.2) is 42.2 Å². The minimum absolute atomic E-state index is 0.0268. The van der Waals surface area contributed by atoms with Gasteiger partial charge in [0, 0.05) is 0 Å². The van der Waals surface area contributed by atoms with Crippen LogP contribution in [0, 0.1) is 5.92 Å². The molecule has 0 radical (unpaired) electrons. The van der Waals surface area contributed by atoms with E-state index in [0.29, 0.717) is 6.42 Å². The van der Waals surface area contributed by atoms with Gasteiger partial charge in [0.2, 0.25) is 11.8 Å². The predicted molar refractivity (Wildman–Crippen MR) is 65.1 cm³/mol. The Morgan fingerprint density at radius 2 is 1.94 bits per heavy atom. The Labute approximate surface area is 102 Å². The fraction of sp³-hybridized carbons (Fsp3) is 0.818. The van der Waals surface area contributed by atoms with Gasteiger partial charge >= 0.3 is 0 Å². The summed E-state index contributed by atoms with van der Waals surface area (Å²) < 4.78 is 0. The van der Waals surface area contributed by atoms with Crippen LogP contribution >= 0.6 is 0 Å². The van der Waals surface area contributed by atoms with Crippen LogP contribution in [0.25, 0.3) is 0 Å². The van der Waals surface area contributed by atoms with Crippen LogP contribution < -0.4 is 16.4 Å². The highest BCUT2D eigenvalue weighted by Crippen LogP contribution is 1.97. The highest BCUT2D eigenvalue weighted by molar-refractivity contribution is 5.87. The van der Waals surface area contributed by atoms with Gasteiger partial charge < -0.3 is 21.5 Å². The summed E-state index contributed by atoms with van der Waals surface area (Å²) in [5.74, 6) is -0.638. The van der Waals surface area contributed by atoms with Crippen molar-refractivity contribution in [3.63, 3.8) is 0 Å². The minimum atomic E-state index is -0.609. The van der Waals surface area contributed by atoms with Crippen molar-refractivity contribution < 1.29 is 14.7 Å². The average molecular weight is 245 g/mol. The van der Waals surface area contributed by atoms with Gasteiger partial charge in [-0.2, -0.15) is 0 Å². The fourth-order valence-corrected chi connectivity index (χ4v) is 1.14. The van der Waals surface area contributed by atoms with Gasteiger partial charge in [-0.25, -0.2) is 0 Å². The van der Waals surface area contributed by atoms with Gasteiger partial charge in [-0.05, 0) is 12.3 Å². The van der Waals surface area contributed by atoms with Gasteiger partial charge in [0.25, 0.3) is 0 Å². The molecule has 6 nitrogen and oxygen atoms in total. The number of nitrogens with two attached hydrogens (primary N) is 1. The van der Waals surface area contributed by atoms with Gasteiger partial charge in [-0.15, -0.1) is 0 Å². The van der Waals surface area contributed by atoms with E-state index >= 15 is 0 Å². The largest absolute Gasteiger partial charge is 0.394 e. The van der Waals surface area contributed by atoms with Crippen LogP contribution in [0.1, 0.15) is 27.2 Å². The summed E-state index contributed by atoms with van der Waals surface area (Å²) in [4.78, 5) is 22.8. The van der Waals surface area contributed by atoms with Gasteiger partial charge in [0.1, 0.15) is 0 Å². The lowest BCUT2D eigenvalue weighted by Gasteiger charge is -2.17. The van der Waals surface area contributed by atoms with Crippen LogP contribution in [0.5, 0.6) is 0 Å². The maximum atomic E-state index is 11.4. The first-order valence-corrected chi connectivity index (χ1v) is 5.85. The van der Waals surface area contributed by atoms with Gasteiger partial charge in [-0.1, -0.05) is 20.8 Å². The molecule has 0 spiro atoms. The van der Waals surface area contributed by atoms with Crippen molar-refractivity contribution in [1.82, 2.24) is 10.6 Å². The maximum Gasteiger partial charge on any atom is 0.239 e. The molecule has 17 heavy (non-hydrogen) atoms. The van der Waals surface area contributed by atoms with Crippen molar-refractivity contribution in [2.75, 3.05) is 13.2 Å². The molecule has 0 aliphatic heterocycles. The molecule has 0 heterocycles. The molecule has 0 aliphatic carbocycles. The lowest BCUT2D eigenvalue weighted by atomic mass is 10.1. The molecule has 2 atom stereocenters. The number of amides is 2. The number of hydrogen-bond acceptors (Lipinski definition) is 4. The summed E-state index contributed by atoms with van der Waals surface area (Å²) in [7, 11) is 0. The quantitative estimate of drug-likeness (QED) is 0.460. The third-order valence-electron chi connectivity index (χ3n) is 2.52. The zero-order valence-corrected chi connectivity index (χ0v) is 10.7. The van der Waals surface area contributed by atoms with E-state index in [0.717, 1.165) is 0 Å². The Hall–Kier alpha value is -1.14. The smallest absolute Gasteiger partial charge is 0.239 e. The average Bonchev–Trinajstić information content (AvgIpc) is 2.31. The van der Waals surface area contributed by atoms with E-state index in [9.17, 15) is 9.59 Å². The van der Waals surface area contributed by atoms with Crippen molar-refractivity contribution in [2.24, 2.45) is 11.7 Å². The highest BCUT2D eigenvalue weighted by atomic mass is 16.3. The van der Waals surface area contributed by atoms with E-state index in [-0.39, 0.29) is 36.9 Å². The molecule has 0 aromatic carbocycles. The van der Waals surface area contributed by atoms with Crippen LogP contribution in [-0.2, 0) is 9.59 Å². The molecule has 0 aromatic rings. The molecule has 0 aromatic heterocycles. The second-order valence-electron chi connectivity index (χ2n) is 4.34. The first-order chi connectivity index (χ1) is 7.92. The summed E-state index contributed by atoms with van der Waals surface area (Å²) in [6.45, 7) is 5.30. The Morgan fingerprint density at radius 3 is 2.35 bits per heavy atom. The lowest BCUT2D eigenvalue weighted by Crippen LogP contribution is -2.48. The molecule has 0 fully saturated rings. The van der Waals surface area contributed by atoms with Crippen molar-refractivity contribution in [2.45, 2.75) is 39.3 Å². The van der Waals surface area contributed by atoms with Crippen LogP contribution in [0.4, 0.5) is 0 Å². The lowest BCUT2D eigenvalue weighted by molar-refractivity contribution is -0.127. The van der Waals surface area contributed by atoms with Crippen molar-refractivity contribution in [3.8, 4) is 0 Å². The number of carbonyl (C=O) groups excluding carboxylic acids is 2. The molecule has 0 unspecified atom stereocenters. The first kappa shape index (κ1) is 15.9. The molecule has 0 saturated carbocycles. The van der Waals surface area contributed by atoms with Crippen LogP contribution in [0.2, 0.25) is 0 Å². The van der Waals surface area contributed by atoms with Crippen molar-refractivity contribution in [3.05, 3.63) is 0 Å². The first-order valence-electron chi connectivity index (χ1n) is 5.85. The van der Waals surface area contributed by atoms with E-state index in [4.69, 9.17) is 10.8 Å². The number of nitrogens with one attached hydrogen (secondary N) is 2. The molecular weight excluding hydrogens is 222 g/mol. The predicted octanol–water partition coefficient (Wildman–Crippen LogP) is -1.03. The summed E-state index contributed by atoms with van der Waals surface area (Å²) >= 11 is 0. The topological polar surface area (TPSA) is 104 Å². The Kier molecular flexibility index (Phi) is 7.49. The molecule has 0 bridgehead atoms. The molecule has 6 heteroatoms. The Morgan fingerprint density at radius 1 is 1.35 bits per heavy atom. The second kappa shape index (κ2) is 8.03. The normalized spacial score (nSPS) is 14.2. The number of carbonyl (C=O) groups is 2. The van der Waals surface area contributed by atoms with Gasteiger partial charge in [-0.3, -0.25) is 9.59 Å². The number of aliphatic hydroxyl groups is 1. The molecule has 0 aliphatic rings. The molecule has 0 saturated heterocycles. The maximum absolute atomic E-state index is 11.4. The molecule has 100 valence electrons. The summed E-state index contributed by atoms with van der Waals surface area (Å²) in [6.07, 6.45) is 0.641. The Bertz CT molecular complexity index is 252. The van der Waals surface area contributed by atoms with E-state index < -0.39 is 6.04 Å². The molecular formula is C11H23N3O3. The molecule has 2 amide bonds. The standard InChI is InChI=1S/C11H23N3O3/c1-4-8(6-15)14-9(16)5-13-11(17)10(12)7(2)3/h7-8,10,15H,4-6,12H2,1-3H3,(H,13,17)(H,14,16)/t8-,10-/m0/s1. The number of aliphatic hydroxyl groups excluding tert-OH is 1. The summed E-state index contributed by atoms with van der Waals surface area (Å²) in [5.41, 5.74) is 5.62. The van der Waals surface area contributed by atoms with E-state index in [1.807, 2.05) is 20.8 Å². The minimum Gasteiger partial charge on any atom is -0.394 e. The fourth-order valence-electron chi connectivity index (χ4n) is 1.14. The molecule has 5 N–H and O–H groups in total. The monoisotopic (exact) mass is 245 g/mol. The number of rotatable bonds is 7. The summed E-state index contributed by atoms with van der Waals surface area (Å²) in [5, 5.41) is 13.9. The third-order valence-corrected chi connectivity index (χ3v) is 2.52. The SMILES string of the molecule is CC[C@@H](CO)NC(=O)CNC(=O)[C@@H](N)C(C)C. The zero-order chi connectivity index (χ0) is 13.4. The third kappa shape index (κ3) is 6.23. The van der Waals surface area contributed by atoms with Crippen molar-refractivity contribution >= 4 is 11.8 Å². The van der Waals surface area contributed by atoms with Gasteiger partial charge in [0.05, 0.1) is 25.2 Å². The second-order valence-corrected chi connectivity index (χ2v) is 4.34. The van der Waals surface area contributed by atoms with Crippen LogP contribution in [0.15, 0.2) is 0 Å². The van der Waals surface area contributed by atoms with Gasteiger partial charge in [0.15, 0.2) is 0 Å².